The minimum atomic E-state index is -0.418. The molecule has 5 nitrogen and oxygen atoms in total. The Morgan fingerprint density at radius 2 is 2.00 bits per heavy atom. The molecule has 0 saturated carbocycles. The number of nitrogens with zero attached hydrogens (tertiary/aromatic N) is 1. The second kappa shape index (κ2) is 6.69. The van der Waals surface area contributed by atoms with E-state index in [2.05, 4.69) is 31.5 Å². The van der Waals surface area contributed by atoms with E-state index in [0.29, 0.717) is 20.7 Å². The van der Waals surface area contributed by atoms with Crippen molar-refractivity contribution in [3.8, 4) is 0 Å². The molecule has 2 aromatic rings. The molecule has 0 radical (unpaired) electrons. The van der Waals surface area contributed by atoms with Crippen molar-refractivity contribution in [1.29, 1.82) is 0 Å². The summed E-state index contributed by atoms with van der Waals surface area (Å²) in [6, 6.07) is 8.06. The Bertz CT molecular complexity index is 706. The van der Waals surface area contributed by atoms with Crippen molar-refractivity contribution in [1.82, 2.24) is 10.3 Å². The van der Waals surface area contributed by atoms with Gasteiger partial charge in [-0.15, -0.1) is 0 Å². The van der Waals surface area contributed by atoms with Crippen LogP contribution >= 0.6 is 27.5 Å². The number of pyridine rings is 1. The topological polar surface area (TPSA) is 71.1 Å². The number of hydrogen-bond acceptors (Lipinski definition) is 3. The average Bonchev–Trinajstić information content (AvgIpc) is 2.49. The van der Waals surface area contributed by atoms with E-state index in [-0.39, 0.29) is 11.6 Å². The molecule has 0 unspecified atom stereocenters. The van der Waals surface area contributed by atoms with E-state index in [1.54, 1.807) is 24.3 Å². The molecule has 0 atom stereocenters. The van der Waals surface area contributed by atoms with Crippen LogP contribution in [-0.2, 0) is 0 Å². The van der Waals surface area contributed by atoms with Crippen LogP contribution in [0.5, 0.6) is 0 Å². The molecule has 2 N–H and O–H groups in total. The van der Waals surface area contributed by atoms with Gasteiger partial charge in [-0.3, -0.25) is 9.59 Å². The number of aromatic nitrogens is 1. The summed E-state index contributed by atoms with van der Waals surface area (Å²) in [4.78, 5) is 27.8. The van der Waals surface area contributed by atoms with E-state index in [1.807, 2.05) is 0 Å². The number of hydrogen-bond donors (Lipinski definition) is 2. The quantitative estimate of drug-likeness (QED) is 0.874. The van der Waals surface area contributed by atoms with Gasteiger partial charge in [-0.05, 0) is 46.3 Å². The van der Waals surface area contributed by atoms with Gasteiger partial charge in [0.25, 0.3) is 11.8 Å². The lowest BCUT2D eigenvalue weighted by atomic mass is 10.2. The summed E-state index contributed by atoms with van der Waals surface area (Å²) >= 11 is 9.29. The smallest absolute Gasteiger partial charge is 0.275 e. The van der Waals surface area contributed by atoms with Crippen LogP contribution in [0.25, 0.3) is 0 Å². The fourth-order valence-corrected chi connectivity index (χ4v) is 2.24. The van der Waals surface area contributed by atoms with Crippen LogP contribution in [0.1, 0.15) is 20.8 Å². The molecule has 1 aromatic carbocycles. The highest BCUT2D eigenvalue weighted by Crippen LogP contribution is 2.24. The van der Waals surface area contributed by atoms with E-state index in [1.165, 1.54) is 19.3 Å². The minimum Gasteiger partial charge on any atom is -0.355 e. The molecule has 2 amide bonds. The number of carbonyl (C=O) groups excluding carboxylic acids is 2. The Hall–Kier alpha value is -1.92. The van der Waals surface area contributed by atoms with Gasteiger partial charge in [0.2, 0.25) is 0 Å². The first kappa shape index (κ1) is 15.5. The predicted molar refractivity (Wildman–Crippen MR) is 84.7 cm³/mol. The Kier molecular flexibility index (Phi) is 4.93. The summed E-state index contributed by atoms with van der Waals surface area (Å²) in [5, 5.41) is 5.49. The minimum absolute atomic E-state index is 0.235. The third-order valence-electron chi connectivity index (χ3n) is 2.68. The maximum absolute atomic E-state index is 12.2. The van der Waals surface area contributed by atoms with Crippen LogP contribution in [0.15, 0.2) is 41.0 Å². The van der Waals surface area contributed by atoms with Gasteiger partial charge >= 0.3 is 0 Å². The summed E-state index contributed by atoms with van der Waals surface area (Å²) in [6.45, 7) is 0. The molecular weight excluding hydrogens is 358 g/mol. The van der Waals surface area contributed by atoms with Gasteiger partial charge in [-0.1, -0.05) is 11.6 Å². The summed E-state index contributed by atoms with van der Waals surface area (Å²) in [6.07, 6.45) is 1.52. The second-order valence-corrected chi connectivity index (χ2v) is 5.32. The molecule has 0 saturated heterocycles. The van der Waals surface area contributed by atoms with Gasteiger partial charge in [0.15, 0.2) is 0 Å². The van der Waals surface area contributed by atoms with Crippen LogP contribution in [0.2, 0.25) is 5.02 Å². The molecule has 1 aromatic heterocycles. The van der Waals surface area contributed by atoms with Gasteiger partial charge in [0.05, 0.1) is 10.7 Å². The lowest BCUT2D eigenvalue weighted by molar-refractivity contribution is 0.0961. The lowest BCUT2D eigenvalue weighted by Crippen LogP contribution is -2.19. The molecule has 0 aliphatic rings. The van der Waals surface area contributed by atoms with E-state index < -0.39 is 5.91 Å². The Morgan fingerprint density at radius 1 is 1.24 bits per heavy atom. The molecule has 0 bridgehead atoms. The zero-order chi connectivity index (χ0) is 15.4. The van der Waals surface area contributed by atoms with E-state index in [9.17, 15) is 9.59 Å². The number of rotatable bonds is 3. The summed E-state index contributed by atoms with van der Waals surface area (Å²) in [7, 11) is 1.53. The highest BCUT2D eigenvalue weighted by Gasteiger charge is 2.14. The second-order valence-electron chi connectivity index (χ2n) is 4.06. The van der Waals surface area contributed by atoms with Gasteiger partial charge in [0, 0.05) is 23.3 Å². The number of nitrogens with one attached hydrogen (secondary N) is 2. The highest BCUT2D eigenvalue weighted by atomic mass is 79.9. The van der Waals surface area contributed by atoms with Crippen molar-refractivity contribution in [2.24, 2.45) is 0 Å². The van der Waals surface area contributed by atoms with Crippen LogP contribution in [0.3, 0.4) is 0 Å². The molecule has 7 heteroatoms. The molecule has 108 valence electrons. The van der Waals surface area contributed by atoms with Gasteiger partial charge < -0.3 is 10.6 Å². The first-order chi connectivity index (χ1) is 10.0. The first-order valence-corrected chi connectivity index (χ1v) is 7.13. The largest absolute Gasteiger partial charge is 0.355 e. The van der Waals surface area contributed by atoms with Crippen molar-refractivity contribution in [2.75, 3.05) is 12.4 Å². The molecule has 0 spiro atoms. The fraction of sp³-hybridized carbons (Fsp3) is 0.0714. The van der Waals surface area contributed by atoms with E-state index in [0.717, 1.165) is 0 Å². The molecule has 0 aliphatic heterocycles. The van der Waals surface area contributed by atoms with Crippen LogP contribution in [-0.4, -0.2) is 23.8 Å². The van der Waals surface area contributed by atoms with Crippen LogP contribution in [0.4, 0.5) is 5.69 Å². The van der Waals surface area contributed by atoms with Gasteiger partial charge in [0.1, 0.15) is 5.69 Å². The van der Waals surface area contributed by atoms with E-state index >= 15 is 0 Å². The number of halogens is 2. The van der Waals surface area contributed by atoms with Crippen LogP contribution in [0, 0.1) is 0 Å². The zero-order valence-electron chi connectivity index (χ0n) is 11.0. The monoisotopic (exact) mass is 367 g/mol. The lowest BCUT2D eigenvalue weighted by Gasteiger charge is -2.09. The summed E-state index contributed by atoms with van der Waals surface area (Å²) in [5.74, 6) is -0.681. The molecule has 21 heavy (non-hydrogen) atoms. The normalized spacial score (nSPS) is 10.0. The summed E-state index contributed by atoms with van der Waals surface area (Å²) < 4.78 is 0.570. The Labute approximate surface area is 134 Å². The maximum Gasteiger partial charge on any atom is 0.275 e. The fourth-order valence-electron chi connectivity index (χ4n) is 1.64. The zero-order valence-corrected chi connectivity index (χ0v) is 13.3. The highest BCUT2D eigenvalue weighted by molar-refractivity contribution is 9.10. The van der Waals surface area contributed by atoms with Crippen molar-refractivity contribution in [3.63, 3.8) is 0 Å². The number of anilines is 1. The molecule has 2 rings (SSSR count). The maximum atomic E-state index is 12.2. The third-order valence-corrected chi connectivity index (χ3v) is 3.65. The van der Waals surface area contributed by atoms with Crippen molar-refractivity contribution < 1.29 is 9.59 Å². The standard InChI is InChI=1S/C14H11BrClN3O2/c1-17-13(20)8-4-5-10(16)11(7-8)19-14(21)12-9(15)3-2-6-18-12/h2-7H,1H3,(H,17,20)(H,19,21). The average molecular weight is 369 g/mol. The molecule has 0 fully saturated rings. The number of carbonyl (C=O) groups is 2. The molecule has 1 heterocycles. The van der Waals surface area contributed by atoms with Crippen LogP contribution < -0.4 is 10.6 Å². The van der Waals surface area contributed by atoms with Crippen molar-refractivity contribution >= 4 is 45.0 Å². The first-order valence-electron chi connectivity index (χ1n) is 5.96. The van der Waals surface area contributed by atoms with Gasteiger partial charge in [-0.2, -0.15) is 0 Å². The third kappa shape index (κ3) is 3.59. The predicted octanol–water partition coefficient (Wildman–Crippen LogP) is 3.11. The van der Waals surface area contributed by atoms with Crippen molar-refractivity contribution in [3.05, 3.63) is 57.3 Å². The van der Waals surface area contributed by atoms with Gasteiger partial charge in [-0.25, -0.2) is 4.98 Å². The van der Waals surface area contributed by atoms with E-state index in [4.69, 9.17) is 11.6 Å². The van der Waals surface area contributed by atoms with Crippen molar-refractivity contribution in [2.45, 2.75) is 0 Å². The SMILES string of the molecule is CNC(=O)c1ccc(Cl)c(NC(=O)c2ncccc2Br)c1. The Morgan fingerprint density at radius 3 is 2.67 bits per heavy atom. The Balaban J connectivity index is 2.29. The number of amides is 2. The summed E-state index contributed by atoms with van der Waals surface area (Å²) in [5.41, 5.74) is 0.983. The molecule has 0 aliphatic carbocycles. The number of benzene rings is 1. The molecular formula is C14H11BrClN3O2.